The van der Waals surface area contributed by atoms with E-state index in [9.17, 15) is 20.4 Å². The number of unbranched alkanes of at least 4 members (excludes halogenated alkanes) is 5. The van der Waals surface area contributed by atoms with E-state index >= 15 is 0 Å². The second kappa shape index (κ2) is 12.8. The van der Waals surface area contributed by atoms with Gasteiger partial charge in [0.2, 0.25) is 0 Å². The minimum Gasteiger partial charge on any atom is -0.494 e. The summed E-state index contributed by atoms with van der Waals surface area (Å²) in [6, 6.07) is 9.83. The molecule has 2 heterocycles. The van der Waals surface area contributed by atoms with Gasteiger partial charge >= 0.3 is 0 Å². The van der Waals surface area contributed by atoms with E-state index in [4.69, 9.17) is 14.2 Å². The molecule has 0 aliphatic carbocycles. The van der Waals surface area contributed by atoms with E-state index < -0.39 is 37.3 Å². The van der Waals surface area contributed by atoms with Crippen molar-refractivity contribution in [2.75, 3.05) is 19.8 Å². The van der Waals surface area contributed by atoms with Gasteiger partial charge in [0.15, 0.2) is 6.29 Å². The van der Waals surface area contributed by atoms with Crippen LogP contribution in [0.2, 0.25) is 0 Å². The molecule has 3 rings (SSSR count). The largest absolute Gasteiger partial charge is 0.494 e. The maximum Gasteiger partial charge on any atom is 0.184 e. The van der Waals surface area contributed by atoms with Gasteiger partial charge in [-0.05, 0) is 59.1 Å². The van der Waals surface area contributed by atoms with Crippen molar-refractivity contribution in [1.82, 2.24) is 4.98 Å². The fourth-order valence-corrected chi connectivity index (χ4v) is 4.08. The fourth-order valence-electron chi connectivity index (χ4n) is 3.75. The number of pyridine rings is 1. The normalized spacial score (nSPS) is 25.8. The molecule has 32 heavy (non-hydrogen) atoms. The monoisotopic (exact) mass is 513 g/mol. The highest BCUT2D eigenvalue weighted by Gasteiger charge is 2.44. The van der Waals surface area contributed by atoms with Gasteiger partial charge in [-0.15, -0.1) is 0 Å². The molecule has 1 aliphatic rings. The number of nitrogens with zero attached hydrogens (tertiary/aromatic N) is 1. The van der Waals surface area contributed by atoms with Gasteiger partial charge in [-0.1, -0.05) is 25.7 Å². The van der Waals surface area contributed by atoms with Crippen molar-refractivity contribution in [2.45, 2.75) is 69.2 Å². The minimum absolute atomic E-state index is 0.361. The Balaban J connectivity index is 1.23. The Hall–Kier alpha value is -1.33. The summed E-state index contributed by atoms with van der Waals surface area (Å²) in [6.07, 6.45) is 0.0225. The Morgan fingerprint density at radius 1 is 0.906 bits per heavy atom. The number of aromatic nitrogens is 1. The fraction of sp³-hybridized carbons (Fsp3) is 0.609. The summed E-state index contributed by atoms with van der Waals surface area (Å²) in [6.45, 7) is 0.581. The maximum atomic E-state index is 10.1. The smallest absolute Gasteiger partial charge is 0.184 e. The van der Waals surface area contributed by atoms with Crippen molar-refractivity contribution < 1.29 is 34.6 Å². The van der Waals surface area contributed by atoms with Gasteiger partial charge in [-0.3, -0.25) is 0 Å². The average molecular weight is 514 g/mol. The van der Waals surface area contributed by atoms with Crippen LogP contribution in [0.15, 0.2) is 34.9 Å². The lowest BCUT2D eigenvalue weighted by Crippen LogP contribution is -2.59. The van der Waals surface area contributed by atoms with Gasteiger partial charge in [-0.25, -0.2) is 4.98 Å². The molecule has 1 aromatic carbocycles. The first kappa shape index (κ1) is 25.3. The summed E-state index contributed by atoms with van der Waals surface area (Å²) in [5.41, 5.74) is 0.931. The van der Waals surface area contributed by atoms with Gasteiger partial charge in [0.05, 0.1) is 18.7 Å². The van der Waals surface area contributed by atoms with Crippen LogP contribution in [0.4, 0.5) is 0 Å². The molecule has 0 spiro atoms. The van der Waals surface area contributed by atoms with Crippen LogP contribution in [0.3, 0.4) is 0 Å². The number of fused-ring (bicyclic) bond motifs is 1. The molecule has 178 valence electrons. The van der Waals surface area contributed by atoms with E-state index in [0.29, 0.717) is 13.2 Å². The number of ether oxygens (including phenoxy) is 3. The van der Waals surface area contributed by atoms with Gasteiger partial charge < -0.3 is 34.6 Å². The summed E-state index contributed by atoms with van der Waals surface area (Å²) in [5.74, 6) is 0.852. The molecule has 9 heteroatoms. The van der Waals surface area contributed by atoms with Crippen LogP contribution in [0, 0.1) is 0 Å². The van der Waals surface area contributed by atoms with Crippen molar-refractivity contribution in [3.63, 3.8) is 0 Å². The Labute approximate surface area is 196 Å². The summed E-state index contributed by atoms with van der Waals surface area (Å²) in [7, 11) is 0. The van der Waals surface area contributed by atoms with Crippen molar-refractivity contribution in [3.8, 4) is 5.75 Å². The van der Waals surface area contributed by atoms with E-state index in [2.05, 4.69) is 20.9 Å². The van der Waals surface area contributed by atoms with Gasteiger partial charge in [0.25, 0.3) is 0 Å². The highest BCUT2D eigenvalue weighted by atomic mass is 79.9. The maximum absolute atomic E-state index is 10.1. The van der Waals surface area contributed by atoms with Gasteiger partial charge in [0, 0.05) is 12.0 Å². The molecule has 1 saturated heterocycles. The molecule has 0 radical (unpaired) electrons. The molecule has 0 amide bonds. The van der Waals surface area contributed by atoms with Crippen molar-refractivity contribution >= 4 is 26.8 Å². The van der Waals surface area contributed by atoms with Crippen molar-refractivity contribution in [1.29, 1.82) is 0 Å². The summed E-state index contributed by atoms with van der Waals surface area (Å²) in [4.78, 5) is 4.41. The number of aliphatic hydroxyl groups excluding tert-OH is 4. The number of aliphatic hydroxyl groups is 4. The number of benzene rings is 1. The zero-order chi connectivity index (χ0) is 22.9. The van der Waals surface area contributed by atoms with Crippen LogP contribution >= 0.6 is 15.9 Å². The van der Waals surface area contributed by atoms with E-state index in [-0.39, 0.29) is 0 Å². The van der Waals surface area contributed by atoms with E-state index in [1.807, 2.05) is 30.3 Å². The summed E-state index contributed by atoms with van der Waals surface area (Å²) < 4.78 is 17.2. The molecular weight excluding hydrogens is 482 g/mol. The lowest BCUT2D eigenvalue weighted by molar-refractivity contribution is -0.294. The molecule has 1 aromatic heterocycles. The number of halogens is 1. The summed E-state index contributed by atoms with van der Waals surface area (Å²) >= 11 is 3.38. The Morgan fingerprint density at radius 3 is 2.38 bits per heavy atom. The molecule has 2 aromatic rings. The van der Waals surface area contributed by atoms with Crippen molar-refractivity contribution in [2.24, 2.45) is 0 Å². The van der Waals surface area contributed by atoms with Crippen LogP contribution in [0.1, 0.15) is 38.5 Å². The van der Waals surface area contributed by atoms with E-state index in [0.717, 1.165) is 59.8 Å². The second-order valence-electron chi connectivity index (χ2n) is 8.02. The third kappa shape index (κ3) is 7.08. The number of rotatable bonds is 12. The standard InChI is InChI=1S/C23H32BrNO7/c24-19-10-7-15-13-16(8-9-17(15)25-19)30-11-5-3-1-2-4-6-12-31-22-20(27)18(14-26)32-23(29)21(22)28/h7-10,13,18,20-23,26-29H,1-6,11-12,14H2/t18-,20-,21-,22+,23?/m1/s1. The Kier molecular flexibility index (Phi) is 10.1. The molecule has 8 nitrogen and oxygen atoms in total. The lowest BCUT2D eigenvalue weighted by Gasteiger charge is -2.39. The minimum atomic E-state index is -1.48. The van der Waals surface area contributed by atoms with Gasteiger partial charge in [-0.2, -0.15) is 0 Å². The quantitative estimate of drug-likeness (QED) is 0.252. The molecule has 5 atom stereocenters. The van der Waals surface area contributed by atoms with E-state index in [1.54, 1.807) is 0 Å². The molecular formula is C23H32BrNO7. The predicted molar refractivity (Wildman–Crippen MR) is 122 cm³/mol. The third-order valence-electron chi connectivity index (χ3n) is 5.58. The van der Waals surface area contributed by atoms with Crippen LogP contribution in [0.25, 0.3) is 10.9 Å². The van der Waals surface area contributed by atoms with Crippen molar-refractivity contribution in [3.05, 3.63) is 34.9 Å². The highest BCUT2D eigenvalue weighted by Crippen LogP contribution is 2.23. The Bertz CT molecular complexity index is 839. The molecule has 1 fully saturated rings. The predicted octanol–water partition coefficient (Wildman–Crippen LogP) is 2.53. The molecule has 4 N–H and O–H groups in total. The lowest BCUT2D eigenvalue weighted by atomic mass is 9.99. The summed E-state index contributed by atoms with van der Waals surface area (Å²) in [5, 5.41) is 39.9. The topological polar surface area (TPSA) is 122 Å². The van der Waals surface area contributed by atoms with Crippen LogP contribution in [-0.4, -0.2) is 75.9 Å². The molecule has 1 aliphatic heterocycles. The zero-order valence-electron chi connectivity index (χ0n) is 18.0. The molecule has 0 saturated carbocycles. The molecule has 0 bridgehead atoms. The zero-order valence-corrected chi connectivity index (χ0v) is 19.6. The second-order valence-corrected chi connectivity index (χ2v) is 8.84. The van der Waals surface area contributed by atoms with Gasteiger partial charge in [0.1, 0.15) is 34.8 Å². The number of hydrogen-bond donors (Lipinski definition) is 4. The van der Waals surface area contributed by atoms with Crippen LogP contribution in [0.5, 0.6) is 5.75 Å². The number of hydrogen-bond acceptors (Lipinski definition) is 8. The van der Waals surface area contributed by atoms with Crippen LogP contribution in [-0.2, 0) is 9.47 Å². The Morgan fingerprint density at radius 2 is 1.62 bits per heavy atom. The highest BCUT2D eigenvalue weighted by molar-refractivity contribution is 9.10. The van der Waals surface area contributed by atoms with E-state index in [1.165, 1.54) is 0 Å². The van der Waals surface area contributed by atoms with Crippen LogP contribution < -0.4 is 4.74 Å². The first-order valence-corrected chi connectivity index (χ1v) is 11.9. The first-order valence-electron chi connectivity index (χ1n) is 11.1. The SMILES string of the molecule is OC[C@H]1OC(O)[C@H](O)[C@@H](OCCCCCCCCOc2ccc3nc(Br)ccc3c2)[C@@H]1O. The first-order chi connectivity index (χ1) is 15.5. The third-order valence-corrected chi connectivity index (χ3v) is 6.03. The average Bonchev–Trinajstić information content (AvgIpc) is 2.79. The molecule has 1 unspecified atom stereocenters.